The van der Waals surface area contributed by atoms with E-state index in [9.17, 15) is 35.7 Å². The lowest BCUT2D eigenvalue weighted by Gasteiger charge is -2.42. The average Bonchev–Trinajstić information content (AvgIpc) is 3.02. The molecule has 34 heavy (non-hydrogen) atoms. The molecule has 2 fully saturated rings. The molecule has 10 nitrogen and oxygen atoms in total. The van der Waals surface area contributed by atoms with Crippen LogP contribution in [0.1, 0.15) is 34.3 Å². The lowest BCUT2D eigenvalue weighted by Crippen LogP contribution is -2.60. The summed E-state index contributed by atoms with van der Waals surface area (Å²) in [7, 11) is 0. The maximum absolute atomic E-state index is 10.8. The molecule has 0 aromatic heterocycles. The summed E-state index contributed by atoms with van der Waals surface area (Å²) >= 11 is 6.47. The van der Waals surface area contributed by atoms with Crippen molar-refractivity contribution in [1.29, 1.82) is 0 Å². The molecule has 4 aliphatic rings. The minimum absolute atomic E-state index is 0.0591. The van der Waals surface area contributed by atoms with Crippen LogP contribution in [0.15, 0.2) is 18.2 Å². The zero-order valence-corrected chi connectivity index (χ0v) is 18.3. The molecule has 0 bridgehead atoms. The number of rotatable bonds is 1. The van der Waals surface area contributed by atoms with Crippen molar-refractivity contribution in [3.63, 3.8) is 0 Å². The molecule has 7 N–H and O–H groups in total. The molecule has 6 rings (SSSR count). The van der Waals surface area contributed by atoms with Crippen LogP contribution in [-0.4, -0.2) is 79.2 Å². The van der Waals surface area contributed by atoms with Crippen LogP contribution in [0.4, 0.5) is 0 Å². The lowest BCUT2D eigenvalue weighted by molar-refractivity contribution is -0.311. The molecule has 0 amide bonds. The van der Waals surface area contributed by atoms with Gasteiger partial charge in [0.1, 0.15) is 30.2 Å². The number of ether oxygens (including phenoxy) is 3. The average molecular weight is 495 g/mol. The summed E-state index contributed by atoms with van der Waals surface area (Å²) in [6.45, 7) is -0.546. The van der Waals surface area contributed by atoms with E-state index in [4.69, 9.17) is 25.8 Å². The second-order valence-electron chi connectivity index (χ2n) is 9.25. The van der Waals surface area contributed by atoms with Gasteiger partial charge in [0.05, 0.1) is 18.8 Å². The van der Waals surface area contributed by atoms with Crippen molar-refractivity contribution in [2.45, 2.75) is 55.3 Å². The fourth-order valence-corrected chi connectivity index (χ4v) is 6.32. The van der Waals surface area contributed by atoms with E-state index in [0.29, 0.717) is 21.7 Å². The van der Waals surface area contributed by atoms with E-state index in [-0.39, 0.29) is 17.7 Å². The molecule has 11 heteroatoms. The maximum Gasteiger partial charge on any atom is 0.200 e. The fraction of sp³-hybridized carbons (Fsp3) is 0.478. The number of fused-ring (bicyclic) bond motifs is 6. The Balaban J connectivity index is 1.56. The van der Waals surface area contributed by atoms with Gasteiger partial charge >= 0.3 is 0 Å². The Kier molecular flexibility index (Phi) is 4.95. The van der Waals surface area contributed by atoms with Crippen molar-refractivity contribution in [1.82, 2.24) is 0 Å². The van der Waals surface area contributed by atoms with Crippen molar-refractivity contribution in [2.24, 2.45) is 5.92 Å². The van der Waals surface area contributed by atoms with Crippen LogP contribution >= 0.6 is 11.6 Å². The summed E-state index contributed by atoms with van der Waals surface area (Å²) in [6, 6.07) is 4.30. The molecule has 0 radical (unpaired) electrons. The molecule has 2 saturated heterocycles. The number of hydrogen-bond donors (Lipinski definition) is 7. The molecule has 2 heterocycles. The molecular weight excluding hydrogens is 472 g/mol. The second kappa shape index (κ2) is 7.59. The Morgan fingerprint density at radius 1 is 0.912 bits per heavy atom. The van der Waals surface area contributed by atoms with E-state index >= 15 is 0 Å². The molecule has 2 aliphatic carbocycles. The normalized spacial score (nSPS) is 37.8. The van der Waals surface area contributed by atoms with E-state index in [2.05, 4.69) is 0 Å². The zero-order chi connectivity index (χ0) is 24.0. The van der Waals surface area contributed by atoms with Crippen molar-refractivity contribution >= 4 is 11.6 Å². The SMILES string of the molecule is OCC1OC2OC3Cc4c(Cl)cc(O)cc4C4c5cc(O)c(O)c(O)c5C(OC2C(O)C1O)C34. The lowest BCUT2D eigenvalue weighted by atomic mass is 9.73. The minimum Gasteiger partial charge on any atom is -0.508 e. The first kappa shape index (κ1) is 22.2. The number of hydrogen-bond acceptors (Lipinski definition) is 10. The van der Waals surface area contributed by atoms with Crippen LogP contribution in [0.2, 0.25) is 5.02 Å². The number of aliphatic hydroxyl groups is 3. The van der Waals surface area contributed by atoms with Gasteiger partial charge in [-0.3, -0.25) is 0 Å². The smallest absolute Gasteiger partial charge is 0.200 e. The Hall–Kier alpha value is -2.31. The predicted molar refractivity (Wildman–Crippen MR) is 114 cm³/mol. The summed E-state index contributed by atoms with van der Waals surface area (Å²) in [5.41, 5.74) is 2.01. The monoisotopic (exact) mass is 494 g/mol. The second-order valence-corrected chi connectivity index (χ2v) is 9.66. The molecule has 9 atom stereocenters. The highest BCUT2D eigenvalue weighted by molar-refractivity contribution is 6.31. The summed E-state index contributed by atoms with van der Waals surface area (Å²) < 4.78 is 18.2. The highest BCUT2D eigenvalue weighted by Crippen LogP contribution is 2.63. The van der Waals surface area contributed by atoms with Crippen molar-refractivity contribution in [2.75, 3.05) is 6.61 Å². The van der Waals surface area contributed by atoms with Gasteiger partial charge in [0.15, 0.2) is 17.8 Å². The number of aromatic hydroxyl groups is 4. The zero-order valence-electron chi connectivity index (χ0n) is 17.6. The van der Waals surface area contributed by atoms with Gasteiger partial charge in [-0.15, -0.1) is 0 Å². The van der Waals surface area contributed by atoms with Gasteiger partial charge in [-0.2, -0.15) is 0 Å². The van der Waals surface area contributed by atoms with Crippen LogP contribution in [-0.2, 0) is 20.6 Å². The van der Waals surface area contributed by atoms with E-state index in [1.807, 2.05) is 0 Å². The van der Waals surface area contributed by atoms with E-state index in [1.54, 1.807) is 6.07 Å². The number of phenols is 4. The molecule has 2 aromatic carbocycles. The summed E-state index contributed by atoms with van der Waals surface area (Å²) in [6.07, 6.45) is -7.57. The van der Waals surface area contributed by atoms with Gasteiger partial charge in [-0.25, -0.2) is 0 Å². The first-order valence-electron chi connectivity index (χ1n) is 10.9. The van der Waals surface area contributed by atoms with E-state index in [1.165, 1.54) is 12.1 Å². The number of aliphatic hydroxyl groups excluding tert-OH is 3. The largest absolute Gasteiger partial charge is 0.508 e. The van der Waals surface area contributed by atoms with E-state index in [0.717, 1.165) is 0 Å². The van der Waals surface area contributed by atoms with Crippen LogP contribution in [0.3, 0.4) is 0 Å². The topological polar surface area (TPSA) is 169 Å². The Labute approximate surface area is 198 Å². The van der Waals surface area contributed by atoms with Gasteiger partial charge in [-0.05, 0) is 34.9 Å². The highest BCUT2D eigenvalue weighted by Gasteiger charge is 2.58. The Morgan fingerprint density at radius 2 is 1.68 bits per heavy atom. The molecule has 9 unspecified atom stereocenters. The third kappa shape index (κ3) is 2.91. The van der Waals surface area contributed by atoms with Crippen molar-refractivity contribution in [3.8, 4) is 23.0 Å². The summed E-state index contributed by atoms with van der Waals surface area (Å²) in [4.78, 5) is 0. The first-order chi connectivity index (χ1) is 16.2. The van der Waals surface area contributed by atoms with Gasteiger partial charge in [0, 0.05) is 28.8 Å². The van der Waals surface area contributed by atoms with Crippen LogP contribution in [0, 0.1) is 5.92 Å². The Morgan fingerprint density at radius 3 is 2.41 bits per heavy atom. The quantitative estimate of drug-likeness (QED) is 0.281. The number of halogens is 1. The van der Waals surface area contributed by atoms with Crippen LogP contribution < -0.4 is 0 Å². The first-order valence-corrected chi connectivity index (χ1v) is 11.3. The standard InChI is InChI=1S/C23H23ClO10/c24-10-2-6(26)1-8-7(10)4-12-16-14(8)9-3-11(27)17(28)19(30)15(9)21(16)34-22-20(31)18(29)13(5-25)33-23(22)32-12/h1-3,12-14,16,18,20-23,25-31H,4-5H2. The fourth-order valence-electron chi connectivity index (χ4n) is 6.02. The van der Waals surface area contributed by atoms with Gasteiger partial charge in [0.25, 0.3) is 0 Å². The molecular formula is C23H23ClO10. The third-order valence-electron chi connectivity index (χ3n) is 7.50. The molecule has 2 aliphatic heterocycles. The molecule has 182 valence electrons. The number of benzene rings is 2. The van der Waals surface area contributed by atoms with Gasteiger partial charge in [0.2, 0.25) is 5.75 Å². The Bertz CT molecular complexity index is 1170. The van der Waals surface area contributed by atoms with Crippen LogP contribution in [0.5, 0.6) is 23.0 Å². The molecule has 0 saturated carbocycles. The minimum atomic E-state index is -1.47. The van der Waals surface area contributed by atoms with Gasteiger partial charge in [-0.1, -0.05) is 11.6 Å². The highest BCUT2D eigenvalue weighted by atomic mass is 35.5. The molecule has 2 aromatic rings. The van der Waals surface area contributed by atoms with E-state index < -0.39 is 78.6 Å². The van der Waals surface area contributed by atoms with Crippen molar-refractivity contribution in [3.05, 3.63) is 45.5 Å². The maximum atomic E-state index is 10.8. The predicted octanol–water partition coefficient (Wildman–Crippen LogP) is 0.744. The third-order valence-corrected chi connectivity index (χ3v) is 7.84. The summed E-state index contributed by atoms with van der Waals surface area (Å²) in [5, 5.41) is 72.6. The number of phenolic OH excluding ortho intramolecular Hbond substituents is 4. The van der Waals surface area contributed by atoms with Crippen LogP contribution in [0.25, 0.3) is 0 Å². The van der Waals surface area contributed by atoms with Gasteiger partial charge < -0.3 is 50.0 Å². The van der Waals surface area contributed by atoms with Crippen molar-refractivity contribution < 1.29 is 50.0 Å². The summed E-state index contributed by atoms with van der Waals surface area (Å²) in [5.74, 6) is -2.93. The molecule has 0 spiro atoms.